The molecule has 0 spiro atoms. The average Bonchev–Trinajstić information content (AvgIpc) is 2.67. The molecule has 0 atom stereocenters. The Hall–Kier alpha value is -2.43. The van der Waals surface area contributed by atoms with Gasteiger partial charge in [0.1, 0.15) is 0 Å². The van der Waals surface area contributed by atoms with Gasteiger partial charge in [0.25, 0.3) is 5.91 Å². The second-order valence-corrected chi connectivity index (χ2v) is 11.0. The average molecular weight is 452 g/mol. The smallest absolute Gasteiger partial charge is 0.255 e. The predicted octanol–water partition coefficient (Wildman–Crippen LogP) is 2.79. The zero-order valence-electron chi connectivity index (χ0n) is 16.9. The lowest BCUT2D eigenvalue weighted by Gasteiger charge is -2.26. The lowest BCUT2D eigenvalue weighted by Crippen LogP contribution is -2.35. The molecule has 3 rings (SSSR count). The molecule has 1 saturated heterocycles. The Morgan fingerprint density at radius 3 is 2.27 bits per heavy atom. The van der Waals surface area contributed by atoms with Crippen molar-refractivity contribution in [2.45, 2.75) is 31.1 Å². The van der Waals surface area contributed by atoms with Gasteiger partial charge in [-0.15, -0.1) is 0 Å². The number of aryl methyl sites for hydroxylation is 1. The molecule has 0 bridgehead atoms. The summed E-state index contributed by atoms with van der Waals surface area (Å²) >= 11 is 0. The zero-order chi connectivity index (χ0) is 21.9. The number of carbonyl (C=O) groups is 1. The van der Waals surface area contributed by atoms with Crippen molar-refractivity contribution in [2.24, 2.45) is 0 Å². The summed E-state index contributed by atoms with van der Waals surface area (Å²) < 4.78 is 52.5. The van der Waals surface area contributed by atoms with Crippen molar-refractivity contribution in [1.29, 1.82) is 0 Å². The molecule has 2 N–H and O–H groups in total. The maximum atomic E-state index is 12.9. The van der Waals surface area contributed by atoms with Gasteiger partial charge < -0.3 is 5.32 Å². The summed E-state index contributed by atoms with van der Waals surface area (Å²) in [6, 6.07) is 10.8. The number of nitrogens with zero attached hydrogens (tertiary/aromatic N) is 1. The first-order chi connectivity index (χ1) is 14.1. The Labute approximate surface area is 177 Å². The van der Waals surface area contributed by atoms with Gasteiger partial charge in [-0.05, 0) is 55.7 Å². The summed E-state index contributed by atoms with van der Waals surface area (Å²) in [4.78, 5) is 12.9. The van der Waals surface area contributed by atoms with Crippen molar-refractivity contribution < 1.29 is 21.6 Å². The van der Waals surface area contributed by atoms with Crippen molar-refractivity contribution >= 4 is 37.3 Å². The van der Waals surface area contributed by atoms with E-state index < -0.39 is 26.0 Å². The van der Waals surface area contributed by atoms with E-state index in [1.54, 1.807) is 31.2 Å². The Balaban J connectivity index is 1.85. The molecule has 1 aliphatic heterocycles. The maximum absolute atomic E-state index is 12.9. The number of rotatable bonds is 6. The Kier molecular flexibility index (Phi) is 6.49. The summed E-state index contributed by atoms with van der Waals surface area (Å²) in [5, 5.41) is 2.70. The molecule has 0 saturated carbocycles. The van der Waals surface area contributed by atoms with Crippen LogP contribution in [0.2, 0.25) is 0 Å². The molecule has 1 amide bonds. The highest BCUT2D eigenvalue weighted by Crippen LogP contribution is 2.24. The molecule has 0 radical (unpaired) electrons. The Morgan fingerprint density at radius 1 is 0.933 bits per heavy atom. The van der Waals surface area contributed by atoms with Crippen LogP contribution in [-0.2, 0) is 20.0 Å². The summed E-state index contributed by atoms with van der Waals surface area (Å²) in [6.45, 7) is 2.70. The normalized spacial score (nSPS) is 15.5. The standard InChI is InChI=1S/C20H25N3O5S2/c1-15-9-10-18(30(27,28)23-11-4-3-5-12-23)14-19(15)20(24)21-16-7-6-8-17(13-16)22-29(2,25)26/h6-10,13-14,22H,3-5,11-12H2,1-2H3,(H,21,24). The van der Waals surface area contributed by atoms with Gasteiger partial charge in [0, 0.05) is 24.3 Å². The molecule has 8 nitrogen and oxygen atoms in total. The van der Waals surface area contributed by atoms with E-state index in [-0.39, 0.29) is 10.5 Å². The molecular formula is C20H25N3O5S2. The van der Waals surface area contributed by atoms with Crippen LogP contribution in [0.1, 0.15) is 35.2 Å². The highest BCUT2D eigenvalue weighted by atomic mass is 32.2. The number of anilines is 2. The topological polar surface area (TPSA) is 113 Å². The number of piperidine rings is 1. The van der Waals surface area contributed by atoms with Gasteiger partial charge in [-0.1, -0.05) is 18.6 Å². The fourth-order valence-electron chi connectivity index (χ4n) is 3.33. The van der Waals surface area contributed by atoms with Crippen LogP contribution in [0.5, 0.6) is 0 Å². The lowest BCUT2D eigenvalue weighted by atomic mass is 10.1. The van der Waals surface area contributed by atoms with Crippen LogP contribution >= 0.6 is 0 Å². The molecule has 1 fully saturated rings. The van der Waals surface area contributed by atoms with Crippen molar-refractivity contribution in [3.05, 3.63) is 53.6 Å². The number of amides is 1. The third kappa shape index (κ3) is 5.38. The Morgan fingerprint density at radius 2 is 1.60 bits per heavy atom. The van der Waals surface area contributed by atoms with Gasteiger partial charge in [-0.2, -0.15) is 4.31 Å². The second-order valence-electron chi connectivity index (χ2n) is 7.35. The van der Waals surface area contributed by atoms with Crippen molar-refractivity contribution in [3.8, 4) is 0 Å². The zero-order valence-corrected chi connectivity index (χ0v) is 18.5. The number of nitrogens with one attached hydrogen (secondary N) is 2. The van der Waals surface area contributed by atoms with Crippen LogP contribution in [0.3, 0.4) is 0 Å². The molecule has 162 valence electrons. The lowest BCUT2D eigenvalue weighted by molar-refractivity contribution is 0.102. The number of benzene rings is 2. The molecule has 0 aliphatic carbocycles. The largest absolute Gasteiger partial charge is 0.322 e. The SMILES string of the molecule is Cc1ccc(S(=O)(=O)N2CCCCC2)cc1C(=O)Nc1cccc(NS(C)(=O)=O)c1. The van der Waals surface area contributed by atoms with E-state index >= 15 is 0 Å². The summed E-state index contributed by atoms with van der Waals surface area (Å²) in [5.74, 6) is -0.473. The van der Waals surface area contributed by atoms with Crippen LogP contribution < -0.4 is 10.0 Å². The molecule has 0 aromatic heterocycles. The predicted molar refractivity (Wildman–Crippen MR) is 117 cm³/mol. The van der Waals surface area contributed by atoms with Crippen LogP contribution in [0.4, 0.5) is 11.4 Å². The van der Waals surface area contributed by atoms with E-state index in [4.69, 9.17) is 0 Å². The van der Waals surface area contributed by atoms with Gasteiger partial charge in [0.2, 0.25) is 20.0 Å². The molecule has 1 aliphatic rings. The number of sulfonamides is 2. The maximum Gasteiger partial charge on any atom is 0.255 e. The minimum atomic E-state index is -3.66. The monoisotopic (exact) mass is 451 g/mol. The third-order valence-corrected chi connectivity index (χ3v) is 7.33. The van der Waals surface area contributed by atoms with E-state index in [0.29, 0.717) is 30.0 Å². The van der Waals surface area contributed by atoms with Crippen LogP contribution in [0.15, 0.2) is 47.4 Å². The van der Waals surface area contributed by atoms with Gasteiger partial charge >= 0.3 is 0 Å². The molecule has 1 heterocycles. The van der Waals surface area contributed by atoms with Crippen molar-refractivity contribution in [1.82, 2.24) is 4.31 Å². The quantitative estimate of drug-likeness (QED) is 0.701. The minimum absolute atomic E-state index is 0.0904. The highest BCUT2D eigenvalue weighted by molar-refractivity contribution is 7.92. The minimum Gasteiger partial charge on any atom is -0.322 e. The molecule has 2 aromatic rings. The summed E-state index contributed by atoms with van der Waals surface area (Å²) in [7, 11) is -7.11. The first-order valence-corrected chi connectivity index (χ1v) is 12.9. The summed E-state index contributed by atoms with van der Waals surface area (Å²) in [5.41, 5.74) is 1.58. The number of carbonyl (C=O) groups excluding carboxylic acids is 1. The fraction of sp³-hybridized carbons (Fsp3) is 0.350. The molecule has 10 heteroatoms. The van der Waals surface area contributed by atoms with Crippen LogP contribution in [-0.4, -0.2) is 46.4 Å². The fourth-order valence-corrected chi connectivity index (χ4v) is 5.43. The van der Waals surface area contributed by atoms with Gasteiger partial charge in [-0.3, -0.25) is 9.52 Å². The second kappa shape index (κ2) is 8.75. The van der Waals surface area contributed by atoms with E-state index in [9.17, 15) is 21.6 Å². The first-order valence-electron chi connectivity index (χ1n) is 9.56. The molecular weight excluding hydrogens is 426 g/mol. The summed E-state index contributed by atoms with van der Waals surface area (Å²) in [6.07, 6.45) is 3.71. The highest BCUT2D eigenvalue weighted by Gasteiger charge is 2.27. The number of hydrogen-bond acceptors (Lipinski definition) is 5. The van der Waals surface area contributed by atoms with Crippen molar-refractivity contribution in [3.63, 3.8) is 0 Å². The van der Waals surface area contributed by atoms with E-state index in [1.807, 2.05) is 0 Å². The van der Waals surface area contributed by atoms with E-state index in [1.165, 1.54) is 22.5 Å². The molecule has 0 unspecified atom stereocenters. The molecule has 2 aromatic carbocycles. The van der Waals surface area contributed by atoms with Crippen LogP contribution in [0.25, 0.3) is 0 Å². The van der Waals surface area contributed by atoms with E-state index in [2.05, 4.69) is 10.0 Å². The third-order valence-electron chi connectivity index (χ3n) is 4.83. The van der Waals surface area contributed by atoms with Gasteiger partial charge in [0.15, 0.2) is 0 Å². The Bertz CT molecular complexity index is 1150. The molecule has 30 heavy (non-hydrogen) atoms. The van der Waals surface area contributed by atoms with Gasteiger partial charge in [-0.25, -0.2) is 16.8 Å². The van der Waals surface area contributed by atoms with E-state index in [0.717, 1.165) is 25.5 Å². The van der Waals surface area contributed by atoms with Gasteiger partial charge in [0.05, 0.1) is 16.8 Å². The number of hydrogen-bond donors (Lipinski definition) is 2. The van der Waals surface area contributed by atoms with Crippen molar-refractivity contribution in [2.75, 3.05) is 29.4 Å². The van der Waals surface area contributed by atoms with Crippen LogP contribution in [0, 0.1) is 6.92 Å². The first kappa shape index (κ1) is 22.3.